The van der Waals surface area contributed by atoms with Gasteiger partial charge in [-0.25, -0.2) is 4.68 Å². The number of methoxy groups -OCH3 is 1. The third-order valence-electron chi connectivity index (χ3n) is 5.55. The first-order chi connectivity index (χ1) is 15.1. The quantitative estimate of drug-likeness (QED) is 0.580. The number of hydrogen-bond donors (Lipinski definition) is 2. The van der Waals surface area contributed by atoms with Crippen LogP contribution in [0, 0.1) is 0 Å². The summed E-state index contributed by atoms with van der Waals surface area (Å²) in [5.41, 5.74) is 2.99. The Morgan fingerprint density at radius 2 is 1.81 bits per heavy atom. The Balaban J connectivity index is 1.41. The lowest BCUT2D eigenvalue weighted by Gasteiger charge is -2.30. The SMILES string of the molecule is COc1cc(OCC(O)CN2CCC(O)CC2)cc(-c2ccc(-n3cccn3)cc2)c1. The molecule has 1 aliphatic rings. The van der Waals surface area contributed by atoms with Crippen LogP contribution in [0.1, 0.15) is 12.8 Å². The van der Waals surface area contributed by atoms with Crippen LogP contribution in [0.15, 0.2) is 60.9 Å². The Hall–Kier alpha value is -2.87. The molecular formula is C24H29N3O4. The van der Waals surface area contributed by atoms with Gasteiger partial charge in [-0.3, -0.25) is 0 Å². The van der Waals surface area contributed by atoms with Crippen LogP contribution >= 0.6 is 0 Å². The summed E-state index contributed by atoms with van der Waals surface area (Å²) in [6.07, 6.45) is 4.36. The van der Waals surface area contributed by atoms with Crippen molar-refractivity contribution in [1.82, 2.24) is 14.7 Å². The lowest BCUT2D eigenvalue weighted by atomic mass is 10.0. The van der Waals surface area contributed by atoms with Crippen LogP contribution in [0.25, 0.3) is 16.8 Å². The zero-order valence-corrected chi connectivity index (χ0v) is 17.7. The molecule has 1 aromatic heterocycles. The molecule has 7 nitrogen and oxygen atoms in total. The van der Waals surface area contributed by atoms with E-state index in [1.54, 1.807) is 13.3 Å². The van der Waals surface area contributed by atoms with Crippen molar-refractivity contribution < 1.29 is 19.7 Å². The number of piperidine rings is 1. The van der Waals surface area contributed by atoms with E-state index in [-0.39, 0.29) is 12.7 Å². The maximum absolute atomic E-state index is 10.4. The molecule has 164 valence electrons. The second-order valence-corrected chi connectivity index (χ2v) is 7.89. The van der Waals surface area contributed by atoms with Crippen molar-refractivity contribution >= 4 is 0 Å². The fraction of sp³-hybridized carbons (Fsp3) is 0.375. The number of aromatic nitrogens is 2. The minimum atomic E-state index is -0.599. The molecule has 1 fully saturated rings. The number of β-amino-alcohol motifs (C(OH)–C–C–N with tert-alkyl or cyclic N) is 1. The maximum Gasteiger partial charge on any atom is 0.123 e. The number of ether oxygens (including phenoxy) is 2. The summed E-state index contributed by atoms with van der Waals surface area (Å²) in [5, 5.41) is 24.3. The Bertz CT molecular complexity index is 951. The van der Waals surface area contributed by atoms with Crippen molar-refractivity contribution in [3.63, 3.8) is 0 Å². The second-order valence-electron chi connectivity index (χ2n) is 7.89. The van der Waals surface area contributed by atoms with E-state index in [1.165, 1.54) is 0 Å². The lowest BCUT2D eigenvalue weighted by molar-refractivity contribution is 0.0337. The highest BCUT2D eigenvalue weighted by Crippen LogP contribution is 2.30. The van der Waals surface area contributed by atoms with Crippen LogP contribution in [0.2, 0.25) is 0 Å². The highest BCUT2D eigenvalue weighted by Gasteiger charge is 2.19. The molecule has 0 amide bonds. The molecule has 0 bridgehead atoms. The number of aliphatic hydroxyl groups excluding tert-OH is 2. The zero-order chi connectivity index (χ0) is 21.6. The summed E-state index contributed by atoms with van der Waals surface area (Å²) in [6, 6.07) is 15.7. The number of nitrogens with zero attached hydrogens (tertiary/aromatic N) is 3. The van der Waals surface area contributed by atoms with Crippen LogP contribution in [0.5, 0.6) is 11.5 Å². The molecule has 7 heteroatoms. The van der Waals surface area contributed by atoms with Crippen LogP contribution in [-0.4, -0.2) is 70.5 Å². The number of benzene rings is 2. The summed E-state index contributed by atoms with van der Waals surface area (Å²) < 4.78 is 13.2. The molecule has 1 aliphatic heterocycles. The van der Waals surface area contributed by atoms with Gasteiger partial charge in [-0.2, -0.15) is 5.10 Å². The van der Waals surface area contributed by atoms with E-state index in [9.17, 15) is 10.2 Å². The van der Waals surface area contributed by atoms with Crippen molar-refractivity contribution in [1.29, 1.82) is 0 Å². The largest absolute Gasteiger partial charge is 0.497 e. The van der Waals surface area contributed by atoms with Crippen molar-refractivity contribution in [2.45, 2.75) is 25.0 Å². The number of hydrogen-bond acceptors (Lipinski definition) is 6. The fourth-order valence-corrected chi connectivity index (χ4v) is 3.81. The molecule has 0 spiro atoms. The first-order valence-electron chi connectivity index (χ1n) is 10.6. The third-order valence-corrected chi connectivity index (χ3v) is 5.55. The number of rotatable bonds is 8. The monoisotopic (exact) mass is 423 g/mol. The van der Waals surface area contributed by atoms with Crippen molar-refractivity contribution in [3.8, 4) is 28.3 Å². The first-order valence-corrected chi connectivity index (χ1v) is 10.6. The number of aliphatic hydroxyl groups is 2. The summed E-state index contributed by atoms with van der Waals surface area (Å²) in [5.74, 6) is 1.35. The van der Waals surface area contributed by atoms with E-state index in [0.29, 0.717) is 18.0 Å². The first kappa shape index (κ1) is 21.4. The van der Waals surface area contributed by atoms with Gasteiger partial charge in [0.15, 0.2) is 0 Å². The van der Waals surface area contributed by atoms with Crippen molar-refractivity contribution in [3.05, 3.63) is 60.9 Å². The minimum absolute atomic E-state index is 0.198. The van der Waals surface area contributed by atoms with E-state index in [4.69, 9.17) is 9.47 Å². The van der Waals surface area contributed by atoms with Gasteiger partial charge < -0.3 is 24.6 Å². The van der Waals surface area contributed by atoms with Gasteiger partial charge in [-0.15, -0.1) is 0 Å². The topological polar surface area (TPSA) is 80.0 Å². The summed E-state index contributed by atoms with van der Waals surface area (Å²) in [7, 11) is 1.63. The molecule has 2 heterocycles. The minimum Gasteiger partial charge on any atom is -0.497 e. The van der Waals surface area contributed by atoms with Gasteiger partial charge in [-0.05, 0) is 54.3 Å². The van der Waals surface area contributed by atoms with Gasteiger partial charge in [0.2, 0.25) is 0 Å². The molecule has 3 aromatic rings. The average molecular weight is 424 g/mol. The fourth-order valence-electron chi connectivity index (χ4n) is 3.81. The Morgan fingerprint density at radius 3 is 2.48 bits per heavy atom. The summed E-state index contributed by atoms with van der Waals surface area (Å²) in [4.78, 5) is 2.17. The van der Waals surface area contributed by atoms with Gasteiger partial charge in [0.25, 0.3) is 0 Å². The van der Waals surface area contributed by atoms with E-state index in [1.807, 2.05) is 59.4 Å². The van der Waals surface area contributed by atoms with Gasteiger partial charge in [0.05, 0.1) is 18.9 Å². The molecule has 4 rings (SSSR count). The lowest BCUT2D eigenvalue weighted by Crippen LogP contribution is -2.41. The number of likely N-dealkylation sites (tertiary alicyclic amines) is 1. The molecule has 2 aromatic carbocycles. The standard InChI is InChI=1S/C24H29N3O4/c1-30-23-13-19(18-3-5-20(6-4-18)27-10-2-9-25-27)14-24(15-23)31-17-22(29)16-26-11-7-21(28)8-12-26/h2-6,9-10,13-15,21-22,28-29H,7-8,11-12,16-17H2,1H3. The van der Waals surface area contributed by atoms with Crippen LogP contribution in [-0.2, 0) is 0 Å². The van der Waals surface area contributed by atoms with E-state index in [0.717, 1.165) is 42.7 Å². The molecule has 0 saturated carbocycles. The third kappa shape index (κ3) is 5.64. The molecule has 1 saturated heterocycles. The molecular weight excluding hydrogens is 394 g/mol. The highest BCUT2D eigenvalue weighted by atomic mass is 16.5. The molecule has 0 radical (unpaired) electrons. The maximum atomic E-state index is 10.4. The molecule has 0 aliphatic carbocycles. The Kier molecular flexibility index (Phi) is 6.86. The van der Waals surface area contributed by atoms with Gasteiger partial charge in [0, 0.05) is 38.1 Å². The average Bonchev–Trinajstić information content (AvgIpc) is 3.34. The highest BCUT2D eigenvalue weighted by molar-refractivity contribution is 5.68. The van der Waals surface area contributed by atoms with Crippen molar-refractivity contribution in [2.75, 3.05) is 33.4 Å². The zero-order valence-electron chi connectivity index (χ0n) is 17.7. The normalized spacial score (nSPS) is 16.2. The smallest absolute Gasteiger partial charge is 0.123 e. The predicted octanol–water partition coefficient (Wildman–Crippen LogP) is 2.74. The molecule has 2 N–H and O–H groups in total. The van der Waals surface area contributed by atoms with Crippen LogP contribution in [0.3, 0.4) is 0 Å². The van der Waals surface area contributed by atoms with Crippen LogP contribution in [0.4, 0.5) is 0 Å². The Labute approximate surface area is 182 Å². The van der Waals surface area contributed by atoms with Crippen LogP contribution < -0.4 is 9.47 Å². The molecule has 1 unspecified atom stereocenters. The van der Waals surface area contributed by atoms with Gasteiger partial charge >= 0.3 is 0 Å². The summed E-state index contributed by atoms with van der Waals surface area (Å²) in [6.45, 7) is 2.34. The summed E-state index contributed by atoms with van der Waals surface area (Å²) >= 11 is 0. The van der Waals surface area contributed by atoms with Gasteiger partial charge in [-0.1, -0.05) is 12.1 Å². The van der Waals surface area contributed by atoms with E-state index in [2.05, 4.69) is 10.00 Å². The predicted molar refractivity (Wildman–Crippen MR) is 119 cm³/mol. The molecule has 31 heavy (non-hydrogen) atoms. The Morgan fingerprint density at radius 1 is 1.06 bits per heavy atom. The van der Waals surface area contributed by atoms with Crippen molar-refractivity contribution in [2.24, 2.45) is 0 Å². The molecule has 1 atom stereocenters. The van der Waals surface area contributed by atoms with Gasteiger partial charge in [0.1, 0.15) is 24.2 Å². The van der Waals surface area contributed by atoms with E-state index >= 15 is 0 Å². The second kappa shape index (κ2) is 9.96. The van der Waals surface area contributed by atoms with E-state index < -0.39 is 6.10 Å².